The molecular weight excluding hydrogens is 270 g/mol. The highest BCUT2D eigenvalue weighted by Crippen LogP contribution is 2.35. The van der Waals surface area contributed by atoms with Gasteiger partial charge in [-0.3, -0.25) is 9.59 Å². The average Bonchev–Trinajstić information content (AvgIpc) is 3.04. The molecule has 2 aliphatic heterocycles. The van der Waals surface area contributed by atoms with Gasteiger partial charge in [0.15, 0.2) is 6.29 Å². The summed E-state index contributed by atoms with van der Waals surface area (Å²) in [4.78, 5) is 23.7. The summed E-state index contributed by atoms with van der Waals surface area (Å²) in [7, 11) is 0. The van der Waals surface area contributed by atoms with Gasteiger partial charge in [0.1, 0.15) is 6.29 Å². The Balaban J connectivity index is 1.91. The van der Waals surface area contributed by atoms with Crippen LogP contribution in [0, 0.1) is 0 Å². The van der Waals surface area contributed by atoms with E-state index >= 15 is 0 Å². The summed E-state index contributed by atoms with van der Waals surface area (Å²) in [5.74, 6) is 0.278. The van der Waals surface area contributed by atoms with E-state index in [2.05, 4.69) is 0 Å². The van der Waals surface area contributed by atoms with Crippen LogP contribution in [0.15, 0.2) is 18.2 Å². The van der Waals surface area contributed by atoms with Crippen LogP contribution < -0.4 is 0 Å². The number of amides is 1. The first-order valence-corrected chi connectivity index (χ1v) is 7.33. The van der Waals surface area contributed by atoms with Crippen LogP contribution in [0.5, 0.6) is 0 Å². The summed E-state index contributed by atoms with van der Waals surface area (Å²) in [6.45, 7) is 2.82. The van der Waals surface area contributed by atoms with E-state index in [0.717, 1.165) is 43.2 Å². The summed E-state index contributed by atoms with van der Waals surface area (Å²) in [5, 5.41) is 0. The van der Waals surface area contributed by atoms with Crippen LogP contribution in [0.25, 0.3) is 0 Å². The number of likely N-dealkylation sites (tertiary alicyclic amines) is 1. The molecule has 0 aromatic heterocycles. The Kier molecular flexibility index (Phi) is 4.31. The predicted octanol–water partition coefficient (Wildman–Crippen LogP) is 1.88. The van der Waals surface area contributed by atoms with Crippen molar-refractivity contribution in [2.24, 2.45) is 0 Å². The van der Waals surface area contributed by atoms with Gasteiger partial charge in [-0.2, -0.15) is 0 Å². The predicted molar refractivity (Wildman–Crippen MR) is 76.1 cm³/mol. The molecule has 3 rings (SSSR count). The van der Waals surface area contributed by atoms with E-state index in [1.54, 1.807) is 4.90 Å². The fraction of sp³-hybridized carbons (Fsp3) is 0.500. The smallest absolute Gasteiger partial charge is 0.209 e. The largest absolute Gasteiger partial charge is 0.348 e. The number of hydrogen-bond donors (Lipinski definition) is 0. The maximum absolute atomic E-state index is 11.0. The molecule has 1 aromatic carbocycles. The first-order chi connectivity index (χ1) is 10.3. The number of hydrogen-bond acceptors (Lipinski definition) is 4. The van der Waals surface area contributed by atoms with Crippen molar-refractivity contribution in [1.82, 2.24) is 4.90 Å². The summed E-state index contributed by atoms with van der Waals surface area (Å²) < 4.78 is 11.4. The van der Waals surface area contributed by atoms with Gasteiger partial charge in [-0.05, 0) is 24.5 Å². The van der Waals surface area contributed by atoms with Gasteiger partial charge in [-0.15, -0.1) is 0 Å². The number of benzene rings is 1. The molecule has 2 fully saturated rings. The summed E-state index contributed by atoms with van der Waals surface area (Å²) in [5.41, 5.74) is 2.67. The van der Waals surface area contributed by atoms with Crippen molar-refractivity contribution in [2.45, 2.75) is 25.0 Å². The van der Waals surface area contributed by atoms with Crippen molar-refractivity contribution in [3.05, 3.63) is 34.9 Å². The van der Waals surface area contributed by atoms with Crippen molar-refractivity contribution in [3.8, 4) is 0 Å². The third-order valence-electron chi connectivity index (χ3n) is 4.14. The van der Waals surface area contributed by atoms with Gasteiger partial charge in [0.25, 0.3) is 0 Å². The van der Waals surface area contributed by atoms with Gasteiger partial charge >= 0.3 is 0 Å². The van der Waals surface area contributed by atoms with E-state index in [-0.39, 0.29) is 5.92 Å². The average molecular weight is 289 g/mol. The van der Waals surface area contributed by atoms with Crippen molar-refractivity contribution < 1.29 is 19.1 Å². The molecular formula is C16H19NO4. The molecule has 0 radical (unpaired) electrons. The zero-order chi connectivity index (χ0) is 14.7. The molecule has 21 heavy (non-hydrogen) atoms. The van der Waals surface area contributed by atoms with E-state index in [0.29, 0.717) is 25.3 Å². The summed E-state index contributed by atoms with van der Waals surface area (Å²) in [6, 6.07) is 5.64. The second-order valence-corrected chi connectivity index (χ2v) is 5.52. The van der Waals surface area contributed by atoms with Crippen LogP contribution in [0.1, 0.15) is 46.5 Å². The van der Waals surface area contributed by atoms with Gasteiger partial charge in [0.05, 0.1) is 13.2 Å². The SMILES string of the molecule is O=Cc1ccc(C2CCN(C=O)C2)c(C2OCCCO2)c1. The minimum absolute atomic E-state index is 0.278. The fourth-order valence-electron chi connectivity index (χ4n) is 3.05. The first-order valence-electron chi connectivity index (χ1n) is 7.33. The van der Waals surface area contributed by atoms with Gasteiger partial charge in [-0.1, -0.05) is 12.1 Å². The standard InChI is InChI=1S/C16H19NO4/c18-10-12-2-3-14(13-4-5-17(9-13)11-19)15(8-12)16-20-6-1-7-21-16/h2-3,8,10-11,13,16H,1,4-7,9H2. The Bertz CT molecular complexity index is 525. The molecule has 5 nitrogen and oxygen atoms in total. The summed E-state index contributed by atoms with van der Waals surface area (Å²) >= 11 is 0. The highest BCUT2D eigenvalue weighted by molar-refractivity contribution is 5.75. The van der Waals surface area contributed by atoms with Crippen LogP contribution in [0.4, 0.5) is 0 Å². The van der Waals surface area contributed by atoms with E-state index in [9.17, 15) is 9.59 Å². The molecule has 0 bridgehead atoms. The molecule has 1 atom stereocenters. The Morgan fingerprint density at radius 1 is 1.14 bits per heavy atom. The Labute approximate surface area is 123 Å². The molecule has 112 valence electrons. The molecule has 1 amide bonds. The second kappa shape index (κ2) is 6.37. The molecule has 0 saturated carbocycles. The Morgan fingerprint density at radius 3 is 2.62 bits per heavy atom. The third kappa shape index (κ3) is 2.99. The number of ether oxygens (including phenoxy) is 2. The van der Waals surface area contributed by atoms with E-state index in [4.69, 9.17) is 9.47 Å². The monoisotopic (exact) mass is 289 g/mol. The maximum Gasteiger partial charge on any atom is 0.209 e. The van der Waals surface area contributed by atoms with E-state index < -0.39 is 6.29 Å². The number of nitrogens with zero attached hydrogens (tertiary/aromatic N) is 1. The maximum atomic E-state index is 11.0. The number of aldehydes is 1. The minimum atomic E-state index is -0.404. The molecule has 0 N–H and O–H groups in total. The zero-order valence-corrected chi connectivity index (χ0v) is 11.9. The molecule has 5 heteroatoms. The number of carbonyl (C=O) groups is 2. The lowest BCUT2D eigenvalue weighted by atomic mass is 9.91. The van der Waals surface area contributed by atoms with E-state index in [1.165, 1.54) is 0 Å². The normalized spacial score (nSPS) is 23.2. The number of rotatable bonds is 4. The quantitative estimate of drug-likeness (QED) is 0.794. The zero-order valence-electron chi connectivity index (χ0n) is 11.9. The highest BCUT2D eigenvalue weighted by Gasteiger charge is 2.28. The minimum Gasteiger partial charge on any atom is -0.348 e. The summed E-state index contributed by atoms with van der Waals surface area (Å²) in [6.07, 6.45) is 3.15. The molecule has 0 spiro atoms. The molecule has 1 unspecified atom stereocenters. The molecule has 2 saturated heterocycles. The molecule has 2 heterocycles. The van der Waals surface area contributed by atoms with Crippen molar-refractivity contribution in [3.63, 3.8) is 0 Å². The van der Waals surface area contributed by atoms with Crippen LogP contribution >= 0.6 is 0 Å². The second-order valence-electron chi connectivity index (χ2n) is 5.52. The first kappa shape index (κ1) is 14.2. The van der Waals surface area contributed by atoms with Crippen LogP contribution in [0.3, 0.4) is 0 Å². The molecule has 2 aliphatic rings. The number of carbonyl (C=O) groups excluding carboxylic acids is 2. The van der Waals surface area contributed by atoms with Crippen molar-refractivity contribution in [2.75, 3.05) is 26.3 Å². The lowest BCUT2D eigenvalue weighted by molar-refractivity contribution is -0.183. The van der Waals surface area contributed by atoms with Gasteiger partial charge < -0.3 is 14.4 Å². The lowest BCUT2D eigenvalue weighted by Crippen LogP contribution is -2.21. The van der Waals surface area contributed by atoms with Gasteiger partial charge in [0.2, 0.25) is 6.41 Å². The Morgan fingerprint density at radius 2 is 1.95 bits per heavy atom. The lowest BCUT2D eigenvalue weighted by Gasteiger charge is -2.27. The van der Waals surface area contributed by atoms with Crippen LogP contribution in [-0.2, 0) is 14.3 Å². The third-order valence-corrected chi connectivity index (χ3v) is 4.14. The van der Waals surface area contributed by atoms with Crippen molar-refractivity contribution in [1.29, 1.82) is 0 Å². The molecule has 1 aromatic rings. The topological polar surface area (TPSA) is 55.8 Å². The van der Waals surface area contributed by atoms with Crippen LogP contribution in [0.2, 0.25) is 0 Å². The van der Waals surface area contributed by atoms with Gasteiger partial charge in [0, 0.05) is 30.1 Å². The van der Waals surface area contributed by atoms with Gasteiger partial charge in [-0.25, -0.2) is 0 Å². The Hall–Kier alpha value is -1.72. The fourth-order valence-corrected chi connectivity index (χ4v) is 3.05. The van der Waals surface area contributed by atoms with Crippen molar-refractivity contribution >= 4 is 12.7 Å². The van der Waals surface area contributed by atoms with E-state index in [1.807, 2.05) is 18.2 Å². The molecule has 0 aliphatic carbocycles. The van der Waals surface area contributed by atoms with Crippen LogP contribution in [-0.4, -0.2) is 43.9 Å². The highest BCUT2D eigenvalue weighted by atomic mass is 16.7.